The normalized spacial score (nSPS) is 28.6. The quantitative estimate of drug-likeness (QED) is 0.773. The highest BCUT2D eigenvalue weighted by Gasteiger charge is 2.44. The fourth-order valence-corrected chi connectivity index (χ4v) is 4.94. The number of thioether (sulfide) groups is 1. The molecule has 19 heavy (non-hydrogen) atoms. The second kappa shape index (κ2) is 7.33. The Morgan fingerprint density at radius 3 is 2.42 bits per heavy atom. The van der Waals surface area contributed by atoms with Crippen LogP contribution in [0, 0.1) is 5.41 Å². The van der Waals surface area contributed by atoms with E-state index in [0.29, 0.717) is 11.5 Å². The van der Waals surface area contributed by atoms with E-state index in [-0.39, 0.29) is 5.54 Å². The molecule has 1 aliphatic rings. The molecule has 0 saturated carbocycles. The first-order valence-electron chi connectivity index (χ1n) is 7.95. The van der Waals surface area contributed by atoms with Crippen molar-refractivity contribution < 1.29 is 0 Å². The van der Waals surface area contributed by atoms with Crippen LogP contribution >= 0.6 is 11.8 Å². The zero-order valence-electron chi connectivity index (χ0n) is 13.7. The lowest BCUT2D eigenvalue weighted by atomic mass is 9.78. The van der Waals surface area contributed by atoms with Gasteiger partial charge in [-0.25, -0.2) is 0 Å². The topological polar surface area (TPSA) is 29.3 Å². The number of rotatable bonds is 7. The van der Waals surface area contributed by atoms with Crippen molar-refractivity contribution in [1.82, 2.24) is 4.90 Å². The van der Waals surface area contributed by atoms with Crippen molar-refractivity contribution in [1.29, 1.82) is 0 Å². The van der Waals surface area contributed by atoms with E-state index in [9.17, 15) is 0 Å². The average molecular weight is 287 g/mol. The van der Waals surface area contributed by atoms with Crippen LogP contribution in [0.5, 0.6) is 0 Å². The predicted octanol–water partition coefficient (Wildman–Crippen LogP) is 3.75. The summed E-state index contributed by atoms with van der Waals surface area (Å²) >= 11 is 2.10. The maximum absolute atomic E-state index is 6.27. The van der Waals surface area contributed by atoms with Gasteiger partial charge >= 0.3 is 0 Å². The summed E-state index contributed by atoms with van der Waals surface area (Å²) in [6, 6.07) is 0.643. The molecule has 0 aromatic rings. The van der Waals surface area contributed by atoms with Crippen molar-refractivity contribution in [2.45, 2.75) is 71.9 Å². The van der Waals surface area contributed by atoms with Gasteiger partial charge in [-0.1, -0.05) is 34.1 Å². The molecule has 2 unspecified atom stereocenters. The van der Waals surface area contributed by atoms with E-state index in [4.69, 9.17) is 5.73 Å². The highest BCUT2D eigenvalue weighted by molar-refractivity contribution is 7.99. The second-order valence-electron chi connectivity index (χ2n) is 7.07. The lowest BCUT2D eigenvalue weighted by Crippen LogP contribution is -2.62. The van der Waals surface area contributed by atoms with Gasteiger partial charge in [-0.3, -0.25) is 4.90 Å². The summed E-state index contributed by atoms with van der Waals surface area (Å²) in [5, 5.41) is 0. The summed E-state index contributed by atoms with van der Waals surface area (Å²) in [6.45, 7) is 13.8. The second-order valence-corrected chi connectivity index (χ2v) is 8.05. The Balaban J connectivity index is 2.92. The molecule has 0 radical (unpaired) electrons. The molecule has 2 atom stereocenters. The van der Waals surface area contributed by atoms with Crippen LogP contribution in [0.1, 0.15) is 60.3 Å². The summed E-state index contributed by atoms with van der Waals surface area (Å²) in [7, 11) is 0. The zero-order valence-corrected chi connectivity index (χ0v) is 14.5. The number of nitrogens with zero attached hydrogens (tertiary/aromatic N) is 1. The van der Waals surface area contributed by atoms with Crippen molar-refractivity contribution in [3.8, 4) is 0 Å². The predicted molar refractivity (Wildman–Crippen MR) is 88.9 cm³/mol. The third-order valence-electron chi connectivity index (χ3n) is 4.54. The number of unbranched alkanes of at least 4 members (excludes halogenated alkanes) is 1. The van der Waals surface area contributed by atoms with Gasteiger partial charge in [0, 0.05) is 23.9 Å². The van der Waals surface area contributed by atoms with Crippen molar-refractivity contribution in [2.75, 3.05) is 24.6 Å². The molecule has 114 valence electrons. The van der Waals surface area contributed by atoms with Gasteiger partial charge in [-0.05, 0) is 43.9 Å². The van der Waals surface area contributed by atoms with E-state index in [1.165, 1.54) is 43.7 Å². The van der Waals surface area contributed by atoms with E-state index in [1.54, 1.807) is 0 Å². The molecule has 1 heterocycles. The summed E-state index contributed by atoms with van der Waals surface area (Å²) in [5.74, 6) is 2.48. The first kappa shape index (κ1) is 17.3. The molecule has 1 rings (SSSR count). The van der Waals surface area contributed by atoms with E-state index in [0.717, 1.165) is 6.54 Å². The van der Waals surface area contributed by atoms with Crippen molar-refractivity contribution in [3.63, 3.8) is 0 Å². The summed E-state index contributed by atoms with van der Waals surface area (Å²) in [4.78, 5) is 2.74. The van der Waals surface area contributed by atoms with E-state index < -0.39 is 0 Å². The van der Waals surface area contributed by atoms with Crippen LogP contribution in [0.25, 0.3) is 0 Å². The molecule has 0 aromatic carbocycles. The Morgan fingerprint density at radius 1 is 1.26 bits per heavy atom. The van der Waals surface area contributed by atoms with Gasteiger partial charge in [-0.15, -0.1) is 0 Å². The highest BCUT2D eigenvalue weighted by atomic mass is 32.2. The largest absolute Gasteiger partial charge is 0.329 e. The molecule has 0 aliphatic carbocycles. The monoisotopic (exact) mass is 286 g/mol. The third-order valence-corrected chi connectivity index (χ3v) is 6.26. The summed E-state index contributed by atoms with van der Waals surface area (Å²) in [5.41, 5.74) is 6.91. The fourth-order valence-electron chi connectivity index (χ4n) is 3.42. The number of hydrogen-bond donors (Lipinski definition) is 1. The minimum Gasteiger partial charge on any atom is -0.329 e. The SMILES string of the molecule is CCCCN(C(C)CC)C1(CN)CSCC(C)(C)C1. The third kappa shape index (κ3) is 4.37. The molecule has 2 N–H and O–H groups in total. The smallest absolute Gasteiger partial charge is 0.0430 e. The Kier molecular flexibility index (Phi) is 6.68. The molecule has 1 fully saturated rings. The number of hydrogen-bond acceptors (Lipinski definition) is 3. The number of nitrogens with two attached hydrogens (primary N) is 1. The van der Waals surface area contributed by atoms with Crippen molar-refractivity contribution in [2.24, 2.45) is 11.1 Å². The van der Waals surface area contributed by atoms with Crippen LogP contribution in [0.2, 0.25) is 0 Å². The van der Waals surface area contributed by atoms with Gasteiger partial charge in [0.05, 0.1) is 0 Å². The van der Waals surface area contributed by atoms with Crippen LogP contribution in [-0.2, 0) is 0 Å². The van der Waals surface area contributed by atoms with Gasteiger partial charge in [0.15, 0.2) is 0 Å². The molecule has 0 bridgehead atoms. The molecule has 3 heteroatoms. The minimum absolute atomic E-state index is 0.219. The standard InChI is InChI=1S/C16H34N2S/c1-6-8-9-18(14(3)7-2)16(11-17)10-15(4,5)12-19-13-16/h14H,6-13,17H2,1-5H3. The molecule has 0 aromatic heterocycles. The van der Waals surface area contributed by atoms with E-state index in [1.807, 2.05) is 0 Å². The molecule has 1 aliphatic heterocycles. The maximum atomic E-state index is 6.27. The van der Waals surface area contributed by atoms with E-state index in [2.05, 4.69) is 51.3 Å². The Bertz CT molecular complexity index is 267. The van der Waals surface area contributed by atoms with Crippen LogP contribution in [-0.4, -0.2) is 41.1 Å². The van der Waals surface area contributed by atoms with Crippen LogP contribution in [0.3, 0.4) is 0 Å². The highest BCUT2D eigenvalue weighted by Crippen LogP contribution is 2.42. The van der Waals surface area contributed by atoms with E-state index >= 15 is 0 Å². The Labute approximate surface area is 124 Å². The van der Waals surface area contributed by atoms with Crippen molar-refractivity contribution in [3.05, 3.63) is 0 Å². The summed E-state index contributed by atoms with van der Waals surface area (Å²) in [6.07, 6.45) is 5.02. The zero-order chi connectivity index (χ0) is 14.5. The minimum atomic E-state index is 0.219. The lowest BCUT2D eigenvalue weighted by Gasteiger charge is -2.52. The van der Waals surface area contributed by atoms with Crippen LogP contribution in [0.15, 0.2) is 0 Å². The lowest BCUT2D eigenvalue weighted by molar-refractivity contribution is 0.0330. The molecule has 2 nitrogen and oxygen atoms in total. The van der Waals surface area contributed by atoms with Gasteiger partial charge in [0.25, 0.3) is 0 Å². The Morgan fingerprint density at radius 2 is 1.95 bits per heavy atom. The van der Waals surface area contributed by atoms with Gasteiger partial charge in [0.2, 0.25) is 0 Å². The fraction of sp³-hybridized carbons (Fsp3) is 1.00. The summed E-state index contributed by atoms with van der Waals surface area (Å²) < 4.78 is 0. The first-order valence-corrected chi connectivity index (χ1v) is 9.11. The van der Waals surface area contributed by atoms with Crippen molar-refractivity contribution >= 4 is 11.8 Å². The maximum Gasteiger partial charge on any atom is 0.0430 e. The Hall–Kier alpha value is 0.270. The molecule has 0 amide bonds. The molecule has 1 saturated heterocycles. The molecule has 0 spiro atoms. The van der Waals surface area contributed by atoms with Crippen LogP contribution < -0.4 is 5.73 Å². The van der Waals surface area contributed by atoms with Crippen LogP contribution in [0.4, 0.5) is 0 Å². The van der Waals surface area contributed by atoms with Gasteiger partial charge in [-0.2, -0.15) is 11.8 Å². The average Bonchev–Trinajstić information content (AvgIpc) is 2.37. The molecular formula is C16H34N2S. The first-order chi connectivity index (χ1) is 8.90. The van der Waals surface area contributed by atoms with Gasteiger partial charge < -0.3 is 5.73 Å². The molecular weight excluding hydrogens is 252 g/mol. The van der Waals surface area contributed by atoms with Gasteiger partial charge in [0.1, 0.15) is 0 Å².